The summed E-state index contributed by atoms with van der Waals surface area (Å²) >= 11 is 0. The normalized spacial score (nSPS) is 13.4. The Hall–Kier alpha value is -2.86. The van der Waals surface area contributed by atoms with Crippen molar-refractivity contribution in [3.63, 3.8) is 0 Å². The van der Waals surface area contributed by atoms with Crippen LogP contribution in [0, 0.1) is 10.1 Å². The molecule has 0 aliphatic rings. The molecule has 6 nitrogen and oxygen atoms in total. The van der Waals surface area contributed by atoms with Gasteiger partial charge in [0.05, 0.1) is 16.1 Å². The van der Waals surface area contributed by atoms with E-state index in [4.69, 9.17) is 0 Å². The van der Waals surface area contributed by atoms with Gasteiger partial charge in [0, 0.05) is 29.9 Å². The smallest absolute Gasteiger partial charge is 0.369 e. The number of nitro groups is 1. The Morgan fingerprint density at radius 1 is 1.00 bits per heavy atom. The van der Waals surface area contributed by atoms with Crippen molar-refractivity contribution in [3.05, 3.63) is 68.8 Å². The second-order valence-corrected chi connectivity index (χ2v) is 6.77. The fourth-order valence-electron chi connectivity index (χ4n) is 2.70. The van der Waals surface area contributed by atoms with Gasteiger partial charge in [-0.1, -0.05) is 0 Å². The summed E-state index contributed by atoms with van der Waals surface area (Å²) in [6.07, 6.45) is -11.5. The summed E-state index contributed by atoms with van der Waals surface area (Å²) in [5, 5.41) is 23.4. The second-order valence-electron chi connectivity index (χ2n) is 6.77. The quantitative estimate of drug-likeness (QED) is 0.294. The summed E-state index contributed by atoms with van der Waals surface area (Å²) in [5.41, 5.74) is -3.81. The Labute approximate surface area is 166 Å². The van der Waals surface area contributed by atoms with Gasteiger partial charge in [0.2, 0.25) is 0 Å². The van der Waals surface area contributed by atoms with Crippen LogP contribution in [0.25, 0.3) is 0 Å². The third-order valence-electron chi connectivity index (χ3n) is 3.92. The van der Waals surface area contributed by atoms with Gasteiger partial charge in [-0.2, -0.15) is 26.3 Å². The van der Waals surface area contributed by atoms with E-state index in [2.05, 4.69) is 5.32 Å². The summed E-state index contributed by atoms with van der Waals surface area (Å²) in [5.74, 6) is 0. The Morgan fingerprint density at radius 2 is 1.57 bits per heavy atom. The van der Waals surface area contributed by atoms with Crippen LogP contribution in [0.4, 0.5) is 37.7 Å². The number of anilines is 1. The van der Waals surface area contributed by atoms with Crippen molar-refractivity contribution in [2.24, 2.45) is 0 Å². The maximum absolute atomic E-state index is 13.2. The van der Waals surface area contributed by atoms with Gasteiger partial charge in [-0.25, -0.2) is 0 Å². The Kier molecular flexibility index (Phi) is 6.62. The summed E-state index contributed by atoms with van der Waals surface area (Å²) in [4.78, 5) is 11.5. The average Bonchev–Trinajstić information content (AvgIpc) is 2.59. The van der Waals surface area contributed by atoms with Crippen LogP contribution in [0.2, 0.25) is 0 Å². The molecule has 0 fully saturated rings. The van der Waals surface area contributed by atoms with Crippen molar-refractivity contribution in [3.8, 4) is 0 Å². The minimum atomic E-state index is -4.92. The molecule has 1 unspecified atom stereocenters. The van der Waals surface area contributed by atoms with Gasteiger partial charge in [-0.05, 0) is 43.9 Å². The highest BCUT2D eigenvalue weighted by atomic mass is 19.4. The largest absolute Gasteiger partial charge is 0.416 e. The van der Waals surface area contributed by atoms with Gasteiger partial charge in [0.1, 0.15) is 0 Å². The number of aliphatic hydroxyl groups excluding tert-OH is 1. The summed E-state index contributed by atoms with van der Waals surface area (Å²) in [6, 6.07) is 4.38. The molecule has 0 bridgehead atoms. The molecule has 164 valence electrons. The molecule has 2 N–H and O–H groups in total. The van der Waals surface area contributed by atoms with Crippen LogP contribution in [-0.4, -0.2) is 29.0 Å². The van der Waals surface area contributed by atoms with Crippen LogP contribution in [0.15, 0.2) is 36.4 Å². The molecule has 0 aromatic heterocycles. The fourth-order valence-corrected chi connectivity index (χ4v) is 2.70. The number of nitrogens with one attached hydrogen (secondary N) is 1. The van der Waals surface area contributed by atoms with Crippen molar-refractivity contribution in [1.29, 1.82) is 0 Å². The van der Waals surface area contributed by atoms with E-state index in [1.54, 1.807) is 19.0 Å². The zero-order valence-corrected chi connectivity index (χ0v) is 15.7. The highest BCUT2D eigenvalue weighted by Crippen LogP contribution is 2.36. The van der Waals surface area contributed by atoms with Gasteiger partial charge >= 0.3 is 12.4 Å². The van der Waals surface area contributed by atoms with Crippen LogP contribution < -0.4 is 5.32 Å². The van der Waals surface area contributed by atoms with Crippen molar-refractivity contribution >= 4 is 11.4 Å². The zero-order chi connectivity index (χ0) is 22.9. The fraction of sp³-hybridized carbons (Fsp3) is 0.333. The summed E-state index contributed by atoms with van der Waals surface area (Å²) in [7, 11) is 3.26. The maximum Gasteiger partial charge on any atom is 0.416 e. The lowest BCUT2D eigenvalue weighted by Gasteiger charge is -2.19. The Balaban J connectivity index is 2.45. The number of nitrogens with zero attached hydrogens (tertiary/aromatic N) is 2. The van der Waals surface area contributed by atoms with Gasteiger partial charge in [0.15, 0.2) is 6.23 Å². The first kappa shape index (κ1) is 23.4. The number of nitro benzene ring substituents is 1. The predicted octanol–water partition coefficient (Wildman–Crippen LogP) is 4.80. The third-order valence-corrected chi connectivity index (χ3v) is 3.92. The molecule has 2 aromatic carbocycles. The topological polar surface area (TPSA) is 78.6 Å². The van der Waals surface area contributed by atoms with E-state index in [-0.39, 0.29) is 17.8 Å². The van der Waals surface area contributed by atoms with Gasteiger partial charge < -0.3 is 15.3 Å². The minimum Gasteiger partial charge on any atom is -0.369 e. The lowest BCUT2D eigenvalue weighted by Crippen LogP contribution is -2.16. The number of alkyl halides is 6. The van der Waals surface area contributed by atoms with E-state index in [1.165, 1.54) is 6.07 Å². The van der Waals surface area contributed by atoms with Gasteiger partial charge in [-0.15, -0.1) is 0 Å². The first-order chi connectivity index (χ1) is 13.7. The predicted molar refractivity (Wildman–Crippen MR) is 95.5 cm³/mol. The van der Waals surface area contributed by atoms with Crippen LogP contribution in [0.3, 0.4) is 0 Å². The molecule has 2 rings (SSSR count). The number of aliphatic hydroxyl groups is 1. The van der Waals surface area contributed by atoms with Crippen molar-refractivity contribution in [1.82, 2.24) is 4.90 Å². The lowest BCUT2D eigenvalue weighted by atomic mass is 10.1. The first-order valence-corrected chi connectivity index (χ1v) is 8.34. The molecule has 0 saturated heterocycles. The maximum atomic E-state index is 13.2. The Bertz CT molecular complexity index is 928. The second kappa shape index (κ2) is 8.48. The van der Waals surface area contributed by atoms with Crippen LogP contribution in [0.1, 0.15) is 28.5 Å². The molecule has 0 heterocycles. The van der Waals surface area contributed by atoms with E-state index >= 15 is 0 Å². The van der Waals surface area contributed by atoms with Crippen molar-refractivity contribution in [2.75, 3.05) is 19.4 Å². The zero-order valence-electron chi connectivity index (χ0n) is 15.7. The lowest BCUT2D eigenvalue weighted by molar-refractivity contribution is -0.385. The van der Waals surface area contributed by atoms with E-state index in [0.717, 1.165) is 6.07 Å². The molecule has 0 amide bonds. The van der Waals surface area contributed by atoms with Crippen molar-refractivity contribution in [2.45, 2.75) is 25.1 Å². The molecule has 0 aliphatic carbocycles. The highest BCUT2D eigenvalue weighted by Gasteiger charge is 2.34. The molecule has 1 atom stereocenters. The molecule has 0 saturated carbocycles. The number of benzene rings is 2. The highest BCUT2D eigenvalue weighted by molar-refractivity contribution is 5.52. The summed E-state index contributed by atoms with van der Waals surface area (Å²) in [6.45, 7) is 0.129. The molecular formula is C18H17F6N3O3. The number of non-ortho nitro benzene ring substituents is 1. The van der Waals surface area contributed by atoms with Crippen LogP contribution in [0.5, 0.6) is 0 Å². The number of hydrogen-bond acceptors (Lipinski definition) is 5. The minimum absolute atomic E-state index is 0.129. The number of halogens is 6. The monoisotopic (exact) mass is 437 g/mol. The third kappa shape index (κ3) is 6.07. The average molecular weight is 437 g/mol. The van der Waals surface area contributed by atoms with Crippen LogP contribution in [-0.2, 0) is 18.9 Å². The first-order valence-electron chi connectivity index (χ1n) is 8.34. The number of hydrogen-bond donors (Lipinski definition) is 2. The van der Waals surface area contributed by atoms with E-state index in [0.29, 0.717) is 24.3 Å². The van der Waals surface area contributed by atoms with Gasteiger partial charge in [-0.3, -0.25) is 10.1 Å². The van der Waals surface area contributed by atoms with E-state index < -0.39 is 45.9 Å². The SMILES string of the molecule is CN(C)Cc1cc(NC(O)c2cc([N+](=O)[O-])cc(C(F)(F)F)c2)cc(C(F)(F)F)c1. The molecule has 0 spiro atoms. The van der Waals surface area contributed by atoms with E-state index in [9.17, 15) is 41.6 Å². The molecular weight excluding hydrogens is 420 g/mol. The van der Waals surface area contributed by atoms with Gasteiger partial charge in [0.25, 0.3) is 5.69 Å². The Morgan fingerprint density at radius 3 is 2.07 bits per heavy atom. The van der Waals surface area contributed by atoms with Crippen LogP contribution >= 0.6 is 0 Å². The van der Waals surface area contributed by atoms with Crippen molar-refractivity contribution < 1.29 is 36.4 Å². The molecule has 30 heavy (non-hydrogen) atoms. The summed E-state index contributed by atoms with van der Waals surface area (Å²) < 4.78 is 78.5. The molecule has 12 heteroatoms. The number of rotatable bonds is 6. The molecule has 2 aromatic rings. The standard InChI is InChI=1S/C18H17F6N3O3/c1-26(2)9-10-3-12(17(19,20)21)7-14(4-10)25-16(28)11-5-13(18(22,23)24)8-15(6-11)27(29)30/h3-8,16,25,28H,9H2,1-2H3. The molecule has 0 radical (unpaired) electrons. The van der Waals surface area contributed by atoms with E-state index in [1.807, 2.05) is 0 Å². The molecule has 0 aliphatic heterocycles.